The Kier molecular flexibility index (Phi) is 4.86. The number of ether oxygens (including phenoxy) is 2. The molecule has 0 fully saturated rings. The van der Waals surface area contributed by atoms with Crippen LogP contribution in [-0.2, 0) is 6.54 Å². The zero-order chi connectivity index (χ0) is 15.4. The average Bonchev–Trinajstić information content (AvgIpc) is 2.50. The van der Waals surface area contributed by atoms with E-state index in [0.29, 0.717) is 0 Å². The third kappa shape index (κ3) is 3.19. The molecule has 3 heteroatoms. The minimum atomic E-state index is 0.755. The van der Waals surface area contributed by atoms with Gasteiger partial charge in [0.25, 0.3) is 0 Å². The van der Waals surface area contributed by atoms with Gasteiger partial charge in [0.15, 0.2) is 11.5 Å². The molecule has 0 spiro atoms. The molecule has 2 aromatic carbocycles. The Morgan fingerprint density at radius 3 is 2.14 bits per heavy atom. The summed E-state index contributed by atoms with van der Waals surface area (Å²) in [5.41, 5.74) is 6.15. The molecule has 0 aliphatic heterocycles. The Hall–Kier alpha value is -2.00. The van der Waals surface area contributed by atoms with E-state index in [1.165, 1.54) is 27.8 Å². The molecule has 2 aromatic rings. The number of benzene rings is 2. The smallest absolute Gasteiger partial charge is 0.161 e. The number of methoxy groups -OCH3 is 2. The van der Waals surface area contributed by atoms with E-state index in [-0.39, 0.29) is 0 Å². The van der Waals surface area contributed by atoms with Crippen LogP contribution in [0.4, 0.5) is 0 Å². The zero-order valence-electron chi connectivity index (χ0n) is 13.4. The molecule has 0 unspecified atom stereocenters. The molecule has 1 N–H and O–H groups in total. The van der Waals surface area contributed by atoms with Crippen molar-refractivity contribution < 1.29 is 9.47 Å². The van der Waals surface area contributed by atoms with Crippen molar-refractivity contribution in [2.75, 3.05) is 21.3 Å². The Labute approximate surface area is 126 Å². The highest BCUT2D eigenvalue weighted by Crippen LogP contribution is 2.36. The molecule has 0 aliphatic carbocycles. The number of hydrogen-bond acceptors (Lipinski definition) is 3. The van der Waals surface area contributed by atoms with Crippen molar-refractivity contribution in [3.8, 4) is 22.6 Å². The van der Waals surface area contributed by atoms with E-state index in [1.807, 2.05) is 13.1 Å². The minimum Gasteiger partial charge on any atom is -0.493 e. The van der Waals surface area contributed by atoms with Crippen LogP contribution >= 0.6 is 0 Å². The summed E-state index contributed by atoms with van der Waals surface area (Å²) in [6.45, 7) is 5.04. The molecular formula is C18H23NO2. The first-order valence-electron chi connectivity index (χ1n) is 7.07. The van der Waals surface area contributed by atoms with E-state index in [1.54, 1.807) is 14.2 Å². The minimum absolute atomic E-state index is 0.755. The maximum atomic E-state index is 5.44. The number of aryl methyl sites for hydroxylation is 2. The molecule has 0 atom stereocenters. The average molecular weight is 285 g/mol. The van der Waals surface area contributed by atoms with Crippen LogP contribution in [0.1, 0.15) is 16.7 Å². The van der Waals surface area contributed by atoms with E-state index in [0.717, 1.165) is 18.0 Å². The molecule has 2 rings (SSSR count). The second-order valence-electron chi connectivity index (χ2n) is 5.19. The van der Waals surface area contributed by atoms with Crippen LogP contribution in [0, 0.1) is 13.8 Å². The predicted octanol–water partition coefficient (Wildman–Crippen LogP) is 3.71. The van der Waals surface area contributed by atoms with Crippen molar-refractivity contribution in [2.24, 2.45) is 0 Å². The third-order valence-electron chi connectivity index (χ3n) is 3.79. The van der Waals surface area contributed by atoms with Gasteiger partial charge >= 0.3 is 0 Å². The number of hydrogen-bond donors (Lipinski definition) is 1. The van der Waals surface area contributed by atoms with Gasteiger partial charge in [-0.25, -0.2) is 0 Å². The lowest BCUT2D eigenvalue weighted by Gasteiger charge is -2.16. The van der Waals surface area contributed by atoms with Gasteiger partial charge in [-0.15, -0.1) is 0 Å². The summed E-state index contributed by atoms with van der Waals surface area (Å²) in [5.74, 6) is 1.51. The first-order chi connectivity index (χ1) is 10.1. The van der Waals surface area contributed by atoms with Crippen molar-refractivity contribution in [2.45, 2.75) is 20.4 Å². The van der Waals surface area contributed by atoms with Crippen LogP contribution in [-0.4, -0.2) is 21.3 Å². The van der Waals surface area contributed by atoms with E-state index < -0.39 is 0 Å². The van der Waals surface area contributed by atoms with Crippen LogP contribution in [0.25, 0.3) is 11.1 Å². The van der Waals surface area contributed by atoms with E-state index >= 15 is 0 Å². The fourth-order valence-electron chi connectivity index (χ4n) is 2.44. The van der Waals surface area contributed by atoms with Crippen molar-refractivity contribution >= 4 is 0 Å². The van der Waals surface area contributed by atoms with E-state index in [4.69, 9.17) is 9.47 Å². The van der Waals surface area contributed by atoms with Gasteiger partial charge in [-0.2, -0.15) is 0 Å². The summed E-state index contributed by atoms with van der Waals surface area (Å²) in [5, 5.41) is 3.21. The highest BCUT2D eigenvalue weighted by Gasteiger charge is 2.12. The molecule has 21 heavy (non-hydrogen) atoms. The van der Waals surface area contributed by atoms with Crippen molar-refractivity contribution in [1.29, 1.82) is 0 Å². The summed E-state index contributed by atoms with van der Waals surface area (Å²) in [6, 6.07) is 10.6. The molecule has 0 radical (unpaired) electrons. The van der Waals surface area contributed by atoms with Crippen LogP contribution in [0.5, 0.6) is 11.5 Å². The largest absolute Gasteiger partial charge is 0.493 e. The molecule has 0 bridgehead atoms. The number of nitrogens with one attached hydrogen (secondary N) is 1. The summed E-state index contributed by atoms with van der Waals surface area (Å²) < 4.78 is 10.8. The summed E-state index contributed by atoms with van der Waals surface area (Å²) in [4.78, 5) is 0. The van der Waals surface area contributed by atoms with Gasteiger partial charge in [-0.3, -0.25) is 0 Å². The van der Waals surface area contributed by atoms with Gasteiger partial charge in [0.05, 0.1) is 14.2 Å². The van der Waals surface area contributed by atoms with Gasteiger partial charge in [0.1, 0.15) is 0 Å². The van der Waals surface area contributed by atoms with Gasteiger partial charge < -0.3 is 14.8 Å². The molecule has 0 saturated carbocycles. The van der Waals surface area contributed by atoms with Gasteiger partial charge in [-0.05, 0) is 60.8 Å². The lowest BCUT2D eigenvalue weighted by atomic mass is 9.96. The summed E-state index contributed by atoms with van der Waals surface area (Å²) >= 11 is 0. The van der Waals surface area contributed by atoms with E-state index in [9.17, 15) is 0 Å². The van der Waals surface area contributed by atoms with Crippen molar-refractivity contribution in [3.63, 3.8) is 0 Å². The summed E-state index contributed by atoms with van der Waals surface area (Å²) in [6.07, 6.45) is 0. The second-order valence-corrected chi connectivity index (χ2v) is 5.19. The molecule has 0 aromatic heterocycles. The first kappa shape index (κ1) is 15.4. The molecule has 0 aliphatic rings. The standard InChI is InChI=1S/C18H23NO2/c1-12-6-7-14(8-13(12)2)16-10-18(21-5)17(20-4)9-15(16)11-19-3/h6-10,19H,11H2,1-5H3. The highest BCUT2D eigenvalue weighted by molar-refractivity contribution is 5.72. The lowest BCUT2D eigenvalue weighted by Crippen LogP contribution is -2.07. The van der Waals surface area contributed by atoms with Gasteiger partial charge in [0, 0.05) is 6.54 Å². The molecule has 0 amide bonds. The van der Waals surface area contributed by atoms with Crippen LogP contribution < -0.4 is 14.8 Å². The second kappa shape index (κ2) is 6.64. The predicted molar refractivity (Wildman–Crippen MR) is 87.2 cm³/mol. The zero-order valence-corrected chi connectivity index (χ0v) is 13.4. The third-order valence-corrected chi connectivity index (χ3v) is 3.79. The number of rotatable bonds is 5. The van der Waals surface area contributed by atoms with Crippen molar-refractivity contribution in [1.82, 2.24) is 5.32 Å². The first-order valence-corrected chi connectivity index (χ1v) is 7.07. The Morgan fingerprint density at radius 2 is 1.57 bits per heavy atom. The molecular weight excluding hydrogens is 262 g/mol. The van der Waals surface area contributed by atoms with E-state index in [2.05, 4.69) is 43.4 Å². The lowest BCUT2D eigenvalue weighted by molar-refractivity contribution is 0.354. The maximum Gasteiger partial charge on any atom is 0.161 e. The molecule has 3 nitrogen and oxygen atoms in total. The SMILES string of the molecule is CNCc1cc(OC)c(OC)cc1-c1ccc(C)c(C)c1. The monoisotopic (exact) mass is 285 g/mol. The summed E-state index contributed by atoms with van der Waals surface area (Å²) in [7, 11) is 5.28. The van der Waals surface area contributed by atoms with Crippen LogP contribution in [0.3, 0.4) is 0 Å². The quantitative estimate of drug-likeness (QED) is 0.908. The molecule has 0 saturated heterocycles. The van der Waals surface area contributed by atoms with Gasteiger partial charge in [0.2, 0.25) is 0 Å². The Bertz CT molecular complexity index is 635. The molecule has 112 valence electrons. The normalized spacial score (nSPS) is 10.5. The fourth-order valence-corrected chi connectivity index (χ4v) is 2.44. The highest BCUT2D eigenvalue weighted by atomic mass is 16.5. The van der Waals surface area contributed by atoms with Crippen LogP contribution in [0.2, 0.25) is 0 Å². The van der Waals surface area contributed by atoms with Gasteiger partial charge in [-0.1, -0.05) is 18.2 Å². The Balaban J connectivity index is 2.61. The fraction of sp³-hybridized carbons (Fsp3) is 0.333. The topological polar surface area (TPSA) is 30.5 Å². The molecule has 0 heterocycles. The van der Waals surface area contributed by atoms with Crippen molar-refractivity contribution in [3.05, 3.63) is 47.0 Å². The Morgan fingerprint density at radius 1 is 0.905 bits per heavy atom. The maximum absolute atomic E-state index is 5.44. The van der Waals surface area contributed by atoms with Crippen LogP contribution in [0.15, 0.2) is 30.3 Å².